The second-order valence-corrected chi connectivity index (χ2v) is 14.5. The van der Waals surface area contributed by atoms with E-state index in [2.05, 4.69) is 47.8 Å². The van der Waals surface area contributed by atoms with Gasteiger partial charge in [-0.15, -0.1) is 0 Å². The number of hydrogen-bond donors (Lipinski definition) is 0. The molecule has 46 heavy (non-hydrogen) atoms. The molecule has 0 radical (unpaired) electrons. The molecule has 2 aliphatic rings. The number of ketones is 1. The smallest absolute Gasteiger partial charge is 0.339 e. The lowest BCUT2D eigenvalue weighted by Crippen LogP contribution is -2.34. The molecule has 2 amide bonds. The molecular formula is C33H24Br3N3O7. The van der Waals surface area contributed by atoms with E-state index in [0.29, 0.717) is 40.7 Å². The van der Waals surface area contributed by atoms with Crippen molar-refractivity contribution in [3.63, 3.8) is 0 Å². The van der Waals surface area contributed by atoms with Crippen LogP contribution >= 0.6 is 47.8 Å². The zero-order valence-corrected chi connectivity index (χ0v) is 28.9. The van der Waals surface area contributed by atoms with Crippen LogP contribution in [0.1, 0.15) is 39.1 Å². The molecule has 3 aromatic carbocycles. The molecule has 0 bridgehead atoms. The number of alkyl halides is 2. The Balaban J connectivity index is 1.29. The molecule has 1 saturated heterocycles. The number of benzene rings is 3. The molecule has 4 aromatic rings. The van der Waals surface area contributed by atoms with Gasteiger partial charge in [-0.05, 0) is 55.7 Å². The molecule has 1 saturated carbocycles. The summed E-state index contributed by atoms with van der Waals surface area (Å²) in [4.78, 5) is 69.5. The largest absolute Gasteiger partial charge is 0.454 e. The second kappa shape index (κ2) is 12.8. The number of hydrogen-bond acceptors (Lipinski definition) is 8. The minimum absolute atomic E-state index is 0.0502. The van der Waals surface area contributed by atoms with Crippen LogP contribution in [0.4, 0.5) is 11.4 Å². The van der Waals surface area contributed by atoms with Crippen LogP contribution in [0, 0.1) is 28.9 Å². The summed E-state index contributed by atoms with van der Waals surface area (Å²) >= 11 is 10.7. The van der Waals surface area contributed by atoms with Crippen LogP contribution in [0.15, 0.2) is 71.2 Å². The number of fused-ring (bicyclic) bond motifs is 2. The first-order chi connectivity index (χ1) is 21.9. The normalized spacial score (nSPS) is 20.9. The van der Waals surface area contributed by atoms with Crippen molar-refractivity contribution in [2.24, 2.45) is 11.8 Å². The number of imide groups is 1. The van der Waals surface area contributed by atoms with E-state index in [4.69, 9.17) is 9.72 Å². The predicted octanol–water partition coefficient (Wildman–Crippen LogP) is 7.35. The van der Waals surface area contributed by atoms with Gasteiger partial charge in [0, 0.05) is 42.8 Å². The highest BCUT2D eigenvalue weighted by molar-refractivity contribution is 9.12. The number of ether oxygens (including phenoxy) is 1. The second-order valence-electron chi connectivity index (χ2n) is 11.3. The van der Waals surface area contributed by atoms with Crippen molar-refractivity contribution < 1.29 is 28.8 Å². The molecule has 0 N–H and O–H groups in total. The number of non-ortho nitro benzene ring substituents is 1. The predicted molar refractivity (Wildman–Crippen MR) is 181 cm³/mol. The number of esters is 1. The molecule has 1 aromatic heterocycles. The lowest BCUT2D eigenvalue weighted by atomic mass is 9.81. The van der Waals surface area contributed by atoms with Crippen molar-refractivity contribution in [1.82, 2.24) is 4.98 Å². The maximum Gasteiger partial charge on any atom is 0.339 e. The van der Waals surface area contributed by atoms with Gasteiger partial charge in [0.25, 0.3) is 5.69 Å². The van der Waals surface area contributed by atoms with Crippen LogP contribution in [0.3, 0.4) is 0 Å². The molecule has 0 spiro atoms. The van der Waals surface area contributed by atoms with E-state index < -0.39 is 23.3 Å². The topological polar surface area (TPSA) is 137 Å². The number of rotatable bonds is 7. The van der Waals surface area contributed by atoms with Gasteiger partial charge in [-0.3, -0.25) is 29.4 Å². The number of nitrogens with zero attached hydrogens (tertiary/aromatic N) is 3. The van der Waals surface area contributed by atoms with Gasteiger partial charge in [0.2, 0.25) is 17.6 Å². The summed E-state index contributed by atoms with van der Waals surface area (Å²) in [5, 5.41) is 11.6. The van der Waals surface area contributed by atoms with Crippen LogP contribution in [0.25, 0.3) is 22.2 Å². The number of halogens is 3. The van der Waals surface area contributed by atoms with Gasteiger partial charge >= 0.3 is 5.97 Å². The van der Waals surface area contributed by atoms with E-state index in [1.165, 1.54) is 23.1 Å². The fourth-order valence-electron chi connectivity index (χ4n) is 5.99. The summed E-state index contributed by atoms with van der Waals surface area (Å²) < 4.78 is 6.12. The van der Waals surface area contributed by atoms with Gasteiger partial charge in [-0.1, -0.05) is 72.1 Å². The molecule has 4 atom stereocenters. The summed E-state index contributed by atoms with van der Waals surface area (Å²) in [6, 6.07) is 17.2. The number of amides is 2. The highest BCUT2D eigenvalue weighted by atomic mass is 79.9. The molecule has 2 fully saturated rings. The number of carbonyl (C=O) groups excluding carboxylic acids is 4. The van der Waals surface area contributed by atoms with Crippen LogP contribution in [-0.2, 0) is 14.3 Å². The highest BCUT2D eigenvalue weighted by Crippen LogP contribution is 2.44. The maximum atomic E-state index is 13.4. The Labute approximate surface area is 288 Å². The molecular weight excluding hydrogens is 790 g/mol. The maximum absolute atomic E-state index is 13.4. The van der Waals surface area contributed by atoms with E-state index in [-0.39, 0.29) is 50.1 Å². The molecule has 2 heterocycles. The number of pyridine rings is 1. The van der Waals surface area contributed by atoms with Crippen LogP contribution < -0.4 is 4.90 Å². The van der Waals surface area contributed by atoms with Gasteiger partial charge in [0.1, 0.15) is 0 Å². The molecule has 10 nitrogen and oxygen atoms in total. The van der Waals surface area contributed by atoms with Gasteiger partial charge in [-0.25, -0.2) is 9.78 Å². The molecule has 1 aliphatic heterocycles. The summed E-state index contributed by atoms with van der Waals surface area (Å²) in [6.07, 6.45) is 1.15. The third-order valence-electron chi connectivity index (χ3n) is 8.33. The van der Waals surface area contributed by atoms with Crippen LogP contribution in [0.5, 0.6) is 0 Å². The van der Waals surface area contributed by atoms with E-state index >= 15 is 0 Å². The lowest BCUT2D eigenvalue weighted by molar-refractivity contribution is -0.384. The van der Waals surface area contributed by atoms with E-state index in [1.807, 2.05) is 13.0 Å². The first-order valence-electron chi connectivity index (χ1n) is 14.2. The first-order valence-corrected chi connectivity index (χ1v) is 16.9. The first kappa shape index (κ1) is 32.1. The fraction of sp³-hybridized carbons (Fsp3) is 0.242. The Morgan fingerprint density at radius 3 is 2.26 bits per heavy atom. The van der Waals surface area contributed by atoms with Gasteiger partial charge < -0.3 is 4.74 Å². The third kappa shape index (κ3) is 6.03. The molecule has 6 rings (SSSR count). The van der Waals surface area contributed by atoms with Crippen LogP contribution in [0.2, 0.25) is 0 Å². The number of aryl methyl sites for hydroxylation is 1. The van der Waals surface area contributed by atoms with E-state index in [0.717, 1.165) is 16.1 Å². The van der Waals surface area contributed by atoms with Crippen molar-refractivity contribution in [2.75, 3.05) is 11.5 Å². The summed E-state index contributed by atoms with van der Waals surface area (Å²) in [7, 11) is 0. The number of anilines is 1. The Morgan fingerprint density at radius 1 is 0.978 bits per heavy atom. The number of carbonyl (C=O) groups is 4. The number of aromatic nitrogens is 1. The Kier molecular flexibility index (Phi) is 8.92. The van der Waals surface area contributed by atoms with E-state index in [1.54, 1.807) is 36.4 Å². The average Bonchev–Trinajstić information content (AvgIpc) is 3.27. The van der Waals surface area contributed by atoms with Crippen LogP contribution in [-0.4, -0.2) is 49.7 Å². The Morgan fingerprint density at radius 2 is 1.63 bits per heavy atom. The van der Waals surface area contributed by atoms with Crippen molar-refractivity contribution in [3.05, 3.63) is 98.0 Å². The van der Waals surface area contributed by atoms with Crippen molar-refractivity contribution in [1.29, 1.82) is 0 Å². The summed E-state index contributed by atoms with van der Waals surface area (Å²) in [6.45, 7) is 1.24. The molecule has 4 unspecified atom stereocenters. The summed E-state index contributed by atoms with van der Waals surface area (Å²) in [5.74, 6) is -2.51. The van der Waals surface area contributed by atoms with Crippen molar-refractivity contribution in [3.8, 4) is 11.3 Å². The fourth-order valence-corrected chi connectivity index (χ4v) is 7.80. The lowest BCUT2D eigenvalue weighted by Gasteiger charge is -2.29. The quantitative estimate of drug-likeness (QED) is 0.0472. The van der Waals surface area contributed by atoms with E-state index in [9.17, 15) is 29.3 Å². The highest BCUT2D eigenvalue weighted by Gasteiger charge is 2.52. The molecule has 234 valence electrons. The zero-order valence-electron chi connectivity index (χ0n) is 24.1. The third-order valence-corrected chi connectivity index (χ3v) is 11.5. The summed E-state index contributed by atoms with van der Waals surface area (Å²) in [5.41, 5.74) is 2.85. The number of Topliss-reactive ketones (excluding diaryl/α,β-unsaturated/α-hetero) is 1. The average molecular weight is 814 g/mol. The zero-order chi connectivity index (χ0) is 32.9. The van der Waals surface area contributed by atoms with Crippen molar-refractivity contribution >= 4 is 93.6 Å². The molecule has 13 heteroatoms. The molecule has 1 aliphatic carbocycles. The van der Waals surface area contributed by atoms with Gasteiger partial charge in [0.05, 0.1) is 39.2 Å². The number of nitro benzene ring substituents is 1. The minimum Gasteiger partial charge on any atom is -0.454 e. The van der Waals surface area contributed by atoms with Crippen molar-refractivity contribution in [2.45, 2.75) is 29.4 Å². The number of nitro groups is 1. The van der Waals surface area contributed by atoms with Gasteiger partial charge in [-0.2, -0.15) is 0 Å². The monoisotopic (exact) mass is 811 g/mol. The minimum atomic E-state index is -0.771. The Bertz CT molecular complexity index is 1920. The SMILES string of the molecule is Cc1cc(Br)cc2c(C(=O)OCC(=O)c3cccc([N+](=O)[O-])c3)cc(-c3ccc(N4C(=O)C5CC(Br)C(Br)CC5C4=O)cc3)nc12. The Hall–Kier alpha value is -3.81. The van der Waals surface area contributed by atoms with Gasteiger partial charge in [0.15, 0.2) is 6.61 Å². The standard InChI is InChI=1S/C33H24Br3N3O7/c1-16-9-19(34)11-22-25(33(43)46-15-29(40)18-3-2-4-21(10-18)39(44)45)14-28(37-30(16)22)17-5-7-20(8-6-17)38-31(41)23-12-26(35)27(36)13-24(23)32(38)42/h2-11,14,23-24,26-27H,12-13,15H2,1H3.